The van der Waals surface area contributed by atoms with Gasteiger partial charge in [0.15, 0.2) is 0 Å². The molecule has 0 bridgehead atoms. The third kappa shape index (κ3) is 3.55. The third-order valence-electron chi connectivity index (χ3n) is 2.36. The minimum absolute atomic E-state index is 0.138. The van der Waals surface area contributed by atoms with Gasteiger partial charge in [-0.25, -0.2) is 0 Å². The molecule has 0 saturated carbocycles. The van der Waals surface area contributed by atoms with E-state index in [1.54, 1.807) is 0 Å². The first-order chi connectivity index (χ1) is 5.50. The summed E-state index contributed by atoms with van der Waals surface area (Å²) in [6, 6.07) is 0. The van der Waals surface area contributed by atoms with Gasteiger partial charge in [-0.1, -0.05) is 34.1 Å². The van der Waals surface area contributed by atoms with Gasteiger partial charge in [0.1, 0.15) is 0 Å². The van der Waals surface area contributed by atoms with Crippen molar-refractivity contribution in [1.82, 2.24) is 0 Å². The maximum absolute atomic E-state index is 9.64. The lowest BCUT2D eigenvalue weighted by Gasteiger charge is -2.26. The molecule has 0 aliphatic carbocycles. The molecule has 0 fully saturated rings. The van der Waals surface area contributed by atoms with Crippen LogP contribution in [0.3, 0.4) is 0 Å². The average molecular weight is 174 g/mol. The first-order valence-corrected chi connectivity index (χ1v) is 4.86. The normalized spacial score (nSPS) is 19.2. The fourth-order valence-corrected chi connectivity index (χ4v) is 1.36. The molecular formula is C10H22O2. The van der Waals surface area contributed by atoms with Gasteiger partial charge in [0, 0.05) is 0 Å². The molecule has 0 heterocycles. The van der Waals surface area contributed by atoms with Crippen molar-refractivity contribution < 1.29 is 10.2 Å². The van der Waals surface area contributed by atoms with Gasteiger partial charge in [0.05, 0.1) is 12.2 Å². The smallest absolute Gasteiger partial charge is 0.0827 e. The fourth-order valence-electron chi connectivity index (χ4n) is 1.36. The van der Waals surface area contributed by atoms with Gasteiger partial charge in [-0.3, -0.25) is 0 Å². The topological polar surface area (TPSA) is 40.5 Å². The van der Waals surface area contributed by atoms with Gasteiger partial charge in [0.25, 0.3) is 0 Å². The van der Waals surface area contributed by atoms with E-state index in [1.165, 1.54) is 0 Å². The summed E-state index contributed by atoms with van der Waals surface area (Å²) in [6.07, 6.45) is 0.894. The summed E-state index contributed by atoms with van der Waals surface area (Å²) in [5.74, 6) is 0.340. The summed E-state index contributed by atoms with van der Waals surface area (Å²) in [5, 5.41) is 19.2. The molecule has 0 aliphatic heterocycles. The Bertz CT molecular complexity index is 112. The van der Waals surface area contributed by atoms with Crippen LogP contribution in [0.25, 0.3) is 0 Å². The lowest BCUT2D eigenvalue weighted by atomic mass is 9.90. The SMILES string of the molecule is CCCC(C)C(O)C(O)C(C)C. The van der Waals surface area contributed by atoms with E-state index in [4.69, 9.17) is 0 Å². The predicted octanol–water partition coefficient (Wildman–Crippen LogP) is 1.80. The summed E-state index contributed by atoms with van der Waals surface area (Å²) in [7, 11) is 0. The van der Waals surface area contributed by atoms with Crippen molar-refractivity contribution >= 4 is 0 Å². The molecule has 2 nitrogen and oxygen atoms in total. The molecule has 0 aromatic heterocycles. The standard InChI is InChI=1S/C10H22O2/c1-5-6-8(4)10(12)9(11)7(2)3/h7-12H,5-6H2,1-4H3. The van der Waals surface area contributed by atoms with Crippen LogP contribution in [-0.4, -0.2) is 22.4 Å². The van der Waals surface area contributed by atoms with Crippen molar-refractivity contribution in [2.75, 3.05) is 0 Å². The maximum Gasteiger partial charge on any atom is 0.0827 e. The van der Waals surface area contributed by atoms with Gasteiger partial charge in [-0.15, -0.1) is 0 Å². The highest BCUT2D eigenvalue weighted by Gasteiger charge is 2.24. The second kappa shape index (κ2) is 5.55. The van der Waals surface area contributed by atoms with E-state index in [0.717, 1.165) is 12.8 Å². The Morgan fingerprint density at radius 1 is 1.00 bits per heavy atom. The quantitative estimate of drug-likeness (QED) is 0.667. The Balaban J connectivity index is 3.90. The number of rotatable bonds is 5. The molecule has 0 amide bonds. The minimum Gasteiger partial charge on any atom is -0.390 e. The molecule has 12 heavy (non-hydrogen) atoms. The van der Waals surface area contributed by atoms with Gasteiger partial charge >= 0.3 is 0 Å². The molecular weight excluding hydrogens is 152 g/mol. The van der Waals surface area contributed by atoms with Crippen LogP contribution in [0.15, 0.2) is 0 Å². The second-order valence-corrected chi connectivity index (χ2v) is 3.99. The molecule has 3 atom stereocenters. The Labute approximate surface area is 75.6 Å². The zero-order chi connectivity index (χ0) is 9.72. The lowest BCUT2D eigenvalue weighted by molar-refractivity contribution is -0.0378. The molecule has 0 aliphatic rings. The summed E-state index contributed by atoms with van der Waals surface area (Å²) < 4.78 is 0. The number of hydrogen-bond acceptors (Lipinski definition) is 2. The zero-order valence-corrected chi connectivity index (χ0v) is 8.62. The second-order valence-electron chi connectivity index (χ2n) is 3.99. The van der Waals surface area contributed by atoms with E-state index in [1.807, 2.05) is 20.8 Å². The van der Waals surface area contributed by atoms with Gasteiger partial charge < -0.3 is 10.2 Å². The van der Waals surface area contributed by atoms with E-state index >= 15 is 0 Å². The van der Waals surface area contributed by atoms with Crippen LogP contribution < -0.4 is 0 Å². The molecule has 0 saturated heterocycles. The van der Waals surface area contributed by atoms with Crippen LogP contribution in [0.5, 0.6) is 0 Å². The summed E-state index contributed by atoms with van der Waals surface area (Å²) >= 11 is 0. The molecule has 0 aromatic rings. The molecule has 2 heteroatoms. The van der Waals surface area contributed by atoms with Crippen molar-refractivity contribution in [1.29, 1.82) is 0 Å². The van der Waals surface area contributed by atoms with Gasteiger partial charge in [0.2, 0.25) is 0 Å². The van der Waals surface area contributed by atoms with Gasteiger partial charge in [-0.2, -0.15) is 0 Å². The predicted molar refractivity (Wildman–Crippen MR) is 50.9 cm³/mol. The number of aliphatic hydroxyl groups excluding tert-OH is 2. The summed E-state index contributed by atoms with van der Waals surface area (Å²) in [4.78, 5) is 0. The van der Waals surface area contributed by atoms with Crippen LogP contribution >= 0.6 is 0 Å². The van der Waals surface area contributed by atoms with E-state index < -0.39 is 12.2 Å². The third-order valence-corrected chi connectivity index (χ3v) is 2.36. The average Bonchev–Trinajstić information content (AvgIpc) is 2.02. The van der Waals surface area contributed by atoms with Crippen LogP contribution in [0.2, 0.25) is 0 Å². The van der Waals surface area contributed by atoms with Crippen molar-refractivity contribution in [3.05, 3.63) is 0 Å². The monoisotopic (exact) mass is 174 g/mol. The van der Waals surface area contributed by atoms with Crippen molar-refractivity contribution in [3.8, 4) is 0 Å². The molecule has 0 aromatic carbocycles. The highest BCUT2D eigenvalue weighted by molar-refractivity contribution is 4.74. The van der Waals surface area contributed by atoms with Crippen molar-refractivity contribution in [2.45, 2.75) is 52.7 Å². The Hall–Kier alpha value is -0.0800. The van der Waals surface area contributed by atoms with Crippen LogP contribution in [-0.2, 0) is 0 Å². The highest BCUT2D eigenvalue weighted by Crippen LogP contribution is 2.17. The summed E-state index contributed by atoms with van der Waals surface area (Å²) in [6.45, 7) is 7.92. The van der Waals surface area contributed by atoms with Crippen LogP contribution in [0, 0.1) is 11.8 Å². The van der Waals surface area contributed by atoms with Crippen molar-refractivity contribution in [2.24, 2.45) is 11.8 Å². The molecule has 74 valence electrons. The molecule has 2 N–H and O–H groups in total. The van der Waals surface area contributed by atoms with Gasteiger partial charge in [-0.05, 0) is 18.3 Å². The zero-order valence-electron chi connectivity index (χ0n) is 8.62. The van der Waals surface area contributed by atoms with E-state index in [0.29, 0.717) is 0 Å². The summed E-state index contributed by atoms with van der Waals surface area (Å²) in [5.41, 5.74) is 0. The Morgan fingerprint density at radius 2 is 1.50 bits per heavy atom. The fraction of sp³-hybridized carbons (Fsp3) is 1.00. The maximum atomic E-state index is 9.64. The number of aliphatic hydroxyl groups is 2. The lowest BCUT2D eigenvalue weighted by Crippen LogP contribution is -2.35. The van der Waals surface area contributed by atoms with Crippen LogP contribution in [0.4, 0.5) is 0 Å². The van der Waals surface area contributed by atoms with Crippen LogP contribution in [0.1, 0.15) is 40.5 Å². The molecule has 0 radical (unpaired) electrons. The molecule has 0 spiro atoms. The first-order valence-electron chi connectivity index (χ1n) is 4.86. The highest BCUT2D eigenvalue weighted by atomic mass is 16.3. The first kappa shape index (κ1) is 11.9. The van der Waals surface area contributed by atoms with Crippen molar-refractivity contribution in [3.63, 3.8) is 0 Å². The molecule has 0 rings (SSSR count). The molecule has 3 unspecified atom stereocenters. The number of hydrogen-bond donors (Lipinski definition) is 2. The van der Waals surface area contributed by atoms with E-state index in [-0.39, 0.29) is 11.8 Å². The Morgan fingerprint density at radius 3 is 1.83 bits per heavy atom. The van der Waals surface area contributed by atoms with E-state index in [2.05, 4.69) is 6.92 Å². The van der Waals surface area contributed by atoms with E-state index in [9.17, 15) is 10.2 Å². The Kier molecular flexibility index (Phi) is 5.51. The largest absolute Gasteiger partial charge is 0.390 e. The minimum atomic E-state index is -0.577.